The second kappa shape index (κ2) is 6.48. The van der Waals surface area contributed by atoms with Crippen LogP contribution in [0.15, 0.2) is 42.6 Å². The highest BCUT2D eigenvalue weighted by Crippen LogP contribution is 2.24. The molecule has 0 fully saturated rings. The van der Waals surface area contributed by atoms with Gasteiger partial charge in [0.1, 0.15) is 19.0 Å². The Hall–Kier alpha value is -2.23. The number of hydrogen-bond acceptors (Lipinski definition) is 4. The molecule has 0 aliphatic carbocycles. The molecule has 0 radical (unpaired) electrons. The van der Waals surface area contributed by atoms with E-state index in [2.05, 4.69) is 37.9 Å². The van der Waals surface area contributed by atoms with Crippen LogP contribution in [0.2, 0.25) is 0 Å². The first kappa shape index (κ1) is 15.2. The zero-order valence-corrected chi connectivity index (χ0v) is 12.8. The molecule has 0 saturated heterocycles. The Morgan fingerprint density at radius 3 is 2.29 bits per heavy atom. The first-order chi connectivity index (χ1) is 9.97. The maximum atomic E-state index is 5.69. The van der Waals surface area contributed by atoms with Crippen molar-refractivity contribution < 1.29 is 9.47 Å². The molecule has 0 aliphatic heterocycles. The van der Waals surface area contributed by atoms with Gasteiger partial charge < -0.3 is 15.2 Å². The van der Waals surface area contributed by atoms with E-state index in [1.807, 2.05) is 12.1 Å². The van der Waals surface area contributed by atoms with Gasteiger partial charge in [-0.2, -0.15) is 0 Å². The number of rotatable bonds is 5. The molecule has 112 valence electrons. The van der Waals surface area contributed by atoms with E-state index < -0.39 is 0 Å². The van der Waals surface area contributed by atoms with Gasteiger partial charge >= 0.3 is 0 Å². The summed E-state index contributed by atoms with van der Waals surface area (Å²) in [5, 5.41) is 0. The van der Waals surface area contributed by atoms with Crippen molar-refractivity contribution in [2.45, 2.75) is 26.2 Å². The molecular formula is C17H22N2O2. The van der Waals surface area contributed by atoms with Gasteiger partial charge in [0.15, 0.2) is 11.6 Å². The zero-order chi connectivity index (χ0) is 15.3. The Bertz CT molecular complexity index is 574. The lowest BCUT2D eigenvalue weighted by atomic mass is 9.87. The number of anilines is 1. The van der Waals surface area contributed by atoms with Gasteiger partial charge in [-0.1, -0.05) is 32.9 Å². The first-order valence-corrected chi connectivity index (χ1v) is 7.03. The monoisotopic (exact) mass is 286 g/mol. The number of hydrogen-bond donors (Lipinski definition) is 1. The molecule has 0 aliphatic rings. The number of nitrogen functional groups attached to an aromatic ring is 1. The van der Waals surface area contributed by atoms with Crippen molar-refractivity contribution in [1.82, 2.24) is 4.98 Å². The van der Waals surface area contributed by atoms with Gasteiger partial charge in [-0.25, -0.2) is 4.98 Å². The predicted molar refractivity (Wildman–Crippen MR) is 84.8 cm³/mol. The molecule has 0 saturated carbocycles. The number of pyridine rings is 1. The van der Waals surface area contributed by atoms with Crippen LogP contribution in [0.3, 0.4) is 0 Å². The SMILES string of the molecule is CC(C)(C)c1ccc(OCCOc2cccnc2N)cc1. The summed E-state index contributed by atoms with van der Waals surface area (Å²) in [6.07, 6.45) is 1.63. The van der Waals surface area contributed by atoms with Crippen LogP contribution in [0.1, 0.15) is 26.3 Å². The summed E-state index contributed by atoms with van der Waals surface area (Å²) in [6.45, 7) is 7.46. The van der Waals surface area contributed by atoms with E-state index in [-0.39, 0.29) is 5.41 Å². The van der Waals surface area contributed by atoms with Crippen LogP contribution in [0.25, 0.3) is 0 Å². The molecule has 0 bridgehead atoms. The van der Waals surface area contributed by atoms with Gasteiger partial charge in [0.25, 0.3) is 0 Å². The lowest BCUT2D eigenvalue weighted by Gasteiger charge is -2.19. The number of nitrogens with two attached hydrogens (primary N) is 1. The zero-order valence-electron chi connectivity index (χ0n) is 12.8. The molecular weight excluding hydrogens is 264 g/mol. The topological polar surface area (TPSA) is 57.4 Å². The van der Waals surface area contributed by atoms with Crippen LogP contribution in [0.4, 0.5) is 5.82 Å². The van der Waals surface area contributed by atoms with Crippen LogP contribution in [-0.4, -0.2) is 18.2 Å². The van der Waals surface area contributed by atoms with Crippen LogP contribution >= 0.6 is 0 Å². The van der Waals surface area contributed by atoms with E-state index in [0.717, 1.165) is 5.75 Å². The third-order valence-corrected chi connectivity index (χ3v) is 3.13. The van der Waals surface area contributed by atoms with Crippen molar-refractivity contribution in [3.8, 4) is 11.5 Å². The highest BCUT2D eigenvalue weighted by molar-refractivity contribution is 5.44. The number of ether oxygens (including phenoxy) is 2. The fourth-order valence-electron chi connectivity index (χ4n) is 1.89. The van der Waals surface area contributed by atoms with Crippen molar-refractivity contribution in [3.63, 3.8) is 0 Å². The smallest absolute Gasteiger partial charge is 0.166 e. The van der Waals surface area contributed by atoms with Crippen LogP contribution in [-0.2, 0) is 5.41 Å². The molecule has 2 N–H and O–H groups in total. The third kappa shape index (κ3) is 4.38. The number of nitrogens with zero attached hydrogens (tertiary/aromatic N) is 1. The molecule has 2 rings (SSSR count). The average molecular weight is 286 g/mol. The number of benzene rings is 1. The lowest BCUT2D eigenvalue weighted by Crippen LogP contribution is -2.12. The van der Waals surface area contributed by atoms with Crippen molar-refractivity contribution in [3.05, 3.63) is 48.2 Å². The maximum absolute atomic E-state index is 5.69. The quantitative estimate of drug-likeness (QED) is 0.856. The summed E-state index contributed by atoms with van der Waals surface area (Å²) in [7, 11) is 0. The fourth-order valence-corrected chi connectivity index (χ4v) is 1.89. The van der Waals surface area contributed by atoms with Crippen molar-refractivity contribution in [2.24, 2.45) is 0 Å². The molecule has 4 nitrogen and oxygen atoms in total. The van der Waals surface area contributed by atoms with E-state index >= 15 is 0 Å². The minimum atomic E-state index is 0.152. The lowest BCUT2D eigenvalue weighted by molar-refractivity contribution is 0.217. The van der Waals surface area contributed by atoms with E-state index in [0.29, 0.717) is 24.8 Å². The van der Waals surface area contributed by atoms with Gasteiger partial charge in [-0.05, 0) is 35.2 Å². The summed E-state index contributed by atoms with van der Waals surface area (Å²) in [4.78, 5) is 3.96. The largest absolute Gasteiger partial charge is 0.490 e. The summed E-state index contributed by atoms with van der Waals surface area (Å²) >= 11 is 0. The van der Waals surface area contributed by atoms with E-state index in [1.54, 1.807) is 18.3 Å². The summed E-state index contributed by atoms with van der Waals surface area (Å²) < 4.78 is 11.2. The van der Waals surface area contributed by atoms with Crippen LogP contribution < -0.4 is 15.2 Å². The molecule has 21 heavy (non-hydrogen) atoms. The molecule has 2 aromatic rings. The Morgan fingerprint density at radius 2 is 1.67 bits per heavy atom. The summed E-state index contributed by atoms with van der Waals surface area (Å²) in [5.74, 6) is 1.82. The van der Waals surface area contributed by atoms with Crippen LogP contribution in [0, 0.1) is 0 Å². The predicted octanol–water partition coefficient (Wildman–Crippen LogP) is 3.42. The van der Waals surface area contributed by atoms with Gasteiger partial charge in [0.2, 0.25) is 0 Å². The molecule has 0 unspecified atom stereocenters. The Labute approximate surface area is 125 Å². The Kier molecular flexibility index (Phi) is 4.68. The molecule has 0 atom stereocenters. The molecule has 1 aromatic heterocycles. The second-order valence-corrected chi connectivity index (χ2v) is 5.86. The van der Waals surface area contributed by atoms with Gasteiger partial charge in [0.05, 0.1) is 0 Å². The second-order valence-electron chi connectivity index (χ2n) is 5.86. The summed E-state index contributed by atoms with van der Waals surface area (Å²) in [6, 6.07) is 11.7. The Morgan fingerprint density at radius 1 is 1.00 bits per heavy atom. The van der Waals surface area contributed by atoms with Crippen molar-refractivity contribution >= 4 is 5.82 Å². The minimum absolute atomic E-state index is 0.152. The average Bonchev–Trinajstić information content (AvgIpc) is 2.45. The van der Waals surface area contributed by atoms with E-state index in [1.165, 1.54) is 5.56 Å². The maximum Gasteiger partial charge on any atom is 0.166 e. The van der Waals surface area contributed by atoms with E-state index in [9.17, 15) is 0 Å². The normalized spacial score (nSPS) is 11.2. The van der Waals surface area contributed by atoms with Crippen LogP contribution in [0.5, 0.6) is 11.5 Å². The Balaban J connectivity index is 1.80. The molecule has 1 heterocycles. The minimum Gasteiger partial charge on any atom is -0.490 e. The van der Waals surface area contributed by atoms with E-state index in [4.69, 9.17) is 15.2 Å². The van der Waals surface area contributed by atoms with Gasteiger partial charge in [0, 0.05) is 6.20 Å². The molecule has 1 aromatic carbocycles. The highest BCUT2D eigenvalue weighted by atomic mass is 16.5. The molecule has 0 spiro atoms. The van der Waals surface area contributed by atoms with Gasteiger partial charge in [-0.3, -0.25) is 0 Å². The van der Waals surface area contributed by atoms with Crippen molar-refractivity contribution in [1.29, 1.82) is 0 Å². The standard InChI is InChI=1S/C17H22N2O2/c1-17(2,3)13-6-8-14(9-7-13)20-11-12-21-15-5-4-10-19-16(15)18/h4-10H,11-12H2,1-3H3,(H2,18,19). The van der Waals surface area contributed by atoms with Crippen molar-refractivity contribution in [2.75, 3.05) is 18.9 Å². The fraction of sp³-hybridized carbons (Fsp3) is 0.353. The first-order valence-electron chi connectivity index (χ1n) is 7.03. The number of aromatic nitrogens is 1. The third-order valence-electron chi connectivity index (χ3n) is 3.13. The summed E-state index contributed by atoms with van der Waals surface area (Å²) in [5.41, 5.74) is 7.13. The van der Waals surface area contributed by atoms with Gasteiger partial charge in [-0.15, -0.1) is 0 Å². The molecule has 4 heteroatoms. The molecule has 0 amide bonds. The highest BCUT2D eigenvalue weighted by Gasteiger charge is 2.12.